The molecule has 9 heteroatoms. The Morgan fingerprint density at radius 3 is 2.94 bits per heavy atom. The maximum atomic E-state index is 13.1. The lowest BCUT2D eigenvalue weighted by Gasteiger charge is -2.24. The molecule has 164 valence electrons. The summed E-state index contributed by atoms with van der Waals surface area (Å²) in [6.45, 7) is 3.68. The summed E-state index contributed by atoms with van der Waals surface area (Å²) in [5, 5.41) is 3.99. The first-order valence-electron chi connectivity index (χ1n) is 10.4. The zero-order valence-electron chi connectivity index (χ0n) is 18.0. The lowest BCUT2D eigenvalue weighted by Crippen LogP contribution is -2.38. The average Bonchev–Trinajstić information content (AvgIpc) is 3.43. The predicted octanol–water partition coefficient (Wildman–Crippen LogP) is 3.36. The Labute approximate surface area is 180 Å². The predicted molar refractivity (Wildman–Crippen MR) is 117 cm³/mol. The third kappa shape index (κ3) is 4.27. The maximum absolute atomic E-state index is 13.1. The minimum absolute atomic E-state index is 0.0212. The van der Waals surface area contributed by atoms with E-state index in [0.717, 1.165) is 24.8 Å². The van der Waals surface area contributed by atoms with Gasteiger partial charge in [0.25, 0.3) is 5.91 Å². The molecule has 9 nitrogen and oxygen atoms in total. The summed E-state index contributed by atoms with van der Waals surface area (Å²) in [6.07, 6.45) is 3.73. The molecule has 2 N–H and O–H groups in total. The molecule has 1 aliphatic rings. The average molecular weight is 425 g/mol. The molecule has 31 heavy (non-hydrogen) atoms. The topological polar surface area (TPSA) is 102 Å². The number of H-pyrrole nitrogens is 1. The molecule has 1 aromatic carbocycles. The summed E-state index contributed by atoms with van der Waals surface area (Å²) in [5.74, 6) is 1.38. The number of aromatic amines is 1. The van der Waals surface area contributed by atoms with Crippen molar-refractivity contribution in [1.29, 1.82) is 0 Å². The first-order valence-corrected chi connectivity index (χ1v) is 10.4. The molecule has 0 aliphatic carbocycles. The number of carbonyl (C=O) groups excluding carboxylic acids is 1. The minimum Gasteiger partial charge on any atom is -0.495 e. The van der Waals surface area contributed by atoms with Crippen molar-refractivity contribution in [2.75, 3.05) is 39.3 Å². The number of fused-ring (bicyclic) bond motifs is 1. The van der Waals surface area contributed by atoms with Gasteiger partial charge >= 0.3 is 0 Å². The van der Waals surface area contributed by atoms with Crippen molar-refractivity contribution in [2.24, 2.45) is 0 Å². The van der Waals surface area contributed by atoms with E-state index < -0.39 is 0 Å². The number of methoxy groups -OCH3 is 2. The Bertz CT molecular complexity index is 1070. The first kappa shape index (κ1) is 20.9. The molecule has 4 rings (SSSR count). The number of nitrogens with zero attached hydrogens (tertiary/aromatic N) is 3. The largest absolute Gasteiger partial charge is 0.495 e. The number of anilines is 2. The SMILES string of the molecule is CCOc1nc(Nc2ccc(C(=O)N3CCC[C@H]3COC)cc2OC)nc2[nH]ccc12. The van der Waals surface area contributed by atoms with Gasteiger partial charge < -0.3 is 29.4 Å². The van der Waals surface area contributed by atoms with E-state index in [1.807, 2.05) is 17.9 Å². The van der Waals surface area contributed by atoms with E-state index in [-0.39, 0.29) is 11.9 Å². The summed E-state index contributed by atoms with van der Waals surface area (Å²) in [5.41, 5.74) is 1.90. The molecular formula is C22H27N5O4. The fourth-order valence-corrected chi connectivity index (χ4v) is 3.90. The van der Waals surface area contributed by atoms with Crippen molar-refractivity contribution in [3.63, 3.8) is 0 Å². The summed E-state index contributed by atoms with van der Waals surface area (Å²) in [4.78, 5) is 27.0. The Kier molecular flexibility index (Phi) is 6.22. The third-order valence-electron chi connectivity index (χ3n) is 5.35. The van der Waals surface area contributed by atoms with E-state index in [9.17, 15) is 4.79 Å². The highest BCUT2D eigenvalue weighted by Crippen LogP contribution is 2.31. The number of ether oxygens (including phenoxy) is 3. The lowest BCUT2D eigenvalue weighted by molar-refractivity contribution is 0.0630. The molecule has 0 radical (unpaired) electrons. The molecule has 0 unspecified atom stereocenters. The fourth-order valence-electron chi connectivity index (χ4n) is 3.90. The van der Waals surface area contributed by atoms with Crippen LogP contribution in [0.3, 0.4) is 0 Å². The van der Waals surface area contributed by atoms with Gasteiger partial charge in [-0.15, -0.1) is 0 Å². The zero-order valence-corrected chi connectivity index (χ0v) is 18.0. The van der Waals surface area contributed by atoms with Crippen molar-refractivity contribution >= 4 is 28.6 Å². The normalized spacial score (nSPS) is 16.0. The summed E-state index contributed by atoms with van der Waals surface area (Å²) < 4.78 is 16.5. The van der Waals surface area contributed by atoms with Crippen LogP contribution >= 0.6 is 0 Å². The van der Waals surface area contributed by atoms with Crippen molar-refractivity contribution in [2.45, 2.75) is 25.8 Å². The van der Waals surface area contributed by atoms with E-state index in [2.05, 4.69) is 20.3 Å². The van der Waals surface area contributed by atoms with Gasteiger partial charge in [-0.1, -0.05) is 0 Å². The van der Waals surface area contributed by atoms with Crippen LogP contribution in [0.25, 0.3) is 11.0 Å². The minimum atomic E-state index is -0.0212. The molecule has 0 bridgehead atoms. The lowest BCUT2D eigenvalue weighted by atomic mass is 10.1. The quantitative estimate of drug-likeness (QED) is 0.571. The Morgan fingerprint density at radius 1 is 1.29 bits per heavy atom. The molecule has 1 amide bonds. The Hall–Kier alpha value is -3.33. The summed E-state index contributed by atoms with van der Waals surface area (Å²) >= 11 is 0. The Balaban J connectivity index is 1.59. The highest BCUT2D eigenvalue weighted by Gasteiger charge is 2.29. The summed E-state index contributed by atoms with van der Waals surface area (Å²) in [7, 11) is 3.23. The van der Waals surface area contributed by atoms with Crippen LogP contribution in [0.1, 0.15) is 30.1 Å². The molecule has 2 aromatic heterocycles. The number of aromatic nitrogens is 3. The van der Waals surface area contributed by atoms with Crippen molar-refractivity contribution < 1.29 is 19.0 Å². The number of benzene rings is 1. The second-order valence-electron chi connectivity index (χ2n) is 7.32. The van der Waals surface area contributed by atoms with Crippen molar-refractivity contribution in [3.05, 3.63) is 36.0 Å². The van der Waals surface area contributed by atoms with Crippen LogP contribution in [0.4, 0.5) is 11.6 Å². The van der Waals surface area contributed by atoms with Gasteiger partial charge in [-0.05, 0) is 44.0 Å². The summed E-state index contributed by atoms with van der Waals surface area (Å²) in [6, 6.07) is 7.31. The van der Waals surface area contributed by atoms with Crippen LogP contribution in [0.15, 0.2) is 30.5 Å². The molecule has 3 aromatic rings. The standard InChI is InChI=1S/C22H27N5O4/c1-4-31-20-16-9-10-23-19(16)25-22(26-20)24-17-8-7-14(12-18(17)30-3)21(28)27-11-5-6-15(27)13-29-2/h7-10,12,15H,4-6,11,13H2,1-3H3,(H2,23,24,25,26)/t15-/m0/s1. The second kappa shape index (κ2) is 9.22. The van der Waals surface area contributed by atoms with Crippen LogP contribution in [0.2, 0.25) is 0 Å². The van der Waals surface area contributed by atoms with Crippen LogP contribution in [0, 0.1) is 0 Å². The number of rotatable bonds is 8. The molecule has 0 saturated carbocycles. The van der Waals surface area contributed by atoms with Crippen molar-refractivity contribution in [1.82, 2.24) is 19.9 Å². The van der Waals surface area contributed by atoms with Crippen LogP contribution < -0.4 is 14.8 Å². The second-order valence-corrected chi connectivity index (χ2v) is 7.32. The van der Waals surface area contributed by atoms with Gasteiger partial charge in [0.2, 0.25) is 11.8 Å². The number of nitrogens with one attached hydrogen (secondary N) is 2. The zero-order chi connectivity index (χ0) is 21.8. The van der Waals surface area contributed by atoms with Gasteiger partial charge in [-0.2, -0.15) is 9.97 Å². The van der Waals surface area contributed by atoms with E-state index in [4.69, 9.17) is 14.2 Å². The van der Waals surface area contributed by atoms with E-state index in [0.29, 0.717) is 47.7 Å². The molecule has 1 saturated heterocycles. The van der Waals surface area contributed by atoms with Gasteiger partial charge in [0.1, 0.15) is 11.4 Å². The first-order chi connectivity index (χ1) is 15.1. The molecular weight excluding hydrogens is 398 g/mol. The van der Waals surface area contributed by atoms with Gasteiger partial charge in [0.15, 0.2) is 0 Å². The highest BCUT2D eigenvalue weighted by molar-refractivity contribution is 5.96. The molecule has 1 fully saturated rings. The molecule has 0 spiro atoms. The molecule has 3 heterocycles. The van der Waals surface area contributed by atoms with Crippen LogP contribution in [-0.2, 0) is 4.74 Å². The third-order valence-corrected chi connectivity index (χ3v) is 5.35. The van der Waals surface area contributed by atoms with Crippen LogP contribution in [0.5, 0.6) is 11.6 Å². The van der Waals surface area contributed by atoms with Crippen molar-refractivity contribution in [3.8, 4) is 11.6 Å². The number of amides is 1. The van der Waals surface area contributed by atoms with E-state index in [1.54, 1.807) is 38.6 Å². The maximum Gasteiger partial charge on any atom is 0.254 e. The number of hydrogen-bond donors (Lipinski definition) is 2. The van der Waals surface area contributed by atoms with Gasteiger partial charge in [-0.3, -0.25) is 4.79 Å². The monoisotopic (exact) mass is 425 g/mol. The smallest absolute Gasteiger partial charge is 0.254 e. The van der Waals surface area contributed by atoms with Gasteiger partial charge in [0, 0.05) is 25.4 Å². The highest BCUT2D eigenvalue weighted by atomic mass is 16.5. The van der Waals surface area contributed by atoms with E-state index >= 15 is 0 Å². The Morgan fingerprint density at radius 2 is 2.16 bits per heavy atom. The number of carbonyl (C=O) groups is 1. The van der Waals surface area contributed by atoms with Gasteiger partial charge in [-0.25, -0.2) is 0 Å². The van der Waals surface area contributed by atoms with E-state index in [1.165, 1.54) is 0 Å². The van der Waals surface area contributed by atoms with Gasteiger partial charge in [0.05, 0.1) is 37.4 Å². The molecule has 1 aliphatic heterocycles. The fraction of sp³-hybridized carbons (Fsp3) is 0.409. The van der Waals surface area contributed by atoms with Crippen LogP contribution in [-0.4, -0.2) is 65.8 Å². The number of likely N-dealkylation sites (tertiary alicyclic amines) is 1. The number of hydrogen-bond acceptors (Lipinski definition) is 7. The molecule has 1 atom stereocenters.